The summed E-state index contributed by atoms with van der Waals surface area (Å²) in [4.78, 5) is 26.8. The molecule has 180 valence electrons. The van der Waals surface area contributed by atoms with E-state index >= 15 is 0 Å². The lowest BCUT2D eigenvalue weighted by Gasteiger charge is -2.29. The summed E-state index contributed by atoms with van der Waals surface area (Å²) < 4.78 is 31.0. The normalized spacial score (nSPS) is 12.0. The monoisotopic (exact) mass is 495 g/mol. The SMILES string of the molecule is CNC(=O)C(C)N(Cc1ccc(OC)cc1)C(=O)CCCN(c1ccc(Cl)cc1)S(C)(=O)=O. The molecular weight excluding hydrogens is 466 g/mol. The molecule has 10 heteroatoms. The van der Waals surface area contributed by atoms with Crippen molar-refractivity contribution in [3.63, 3.8) is 0 Å². The van der Waals surface area contributed by atoms with E-state index in [9.17, 15) is 18.0 Å². The quantitative estimate of drug-likeness (QED) is 0.517. The van der Waals surface area contributed by atoms with Crippen LogP contribution >= 0.6 is 11.6 Å². The summed E-state index contributed by atoms with van der Waals surface area (Å²) in [5.41, 5.74) is 1.32. The second-order valence-corrected chi connectivity index (χ2v) is 9.92. The molecule has 1 unspecified atom stereocenters. The van der Waals surface area contributed by atoms with E-state index in [1.807, 2.05) is 12.1 Å². The van der Waals surface area contributed by atoms with E-state index < -0.39 is 16.1 Å². The van der Waals surface area contributed by atoms with Crippen molar-refractivity contribution in [1.29, 1.82) is 0 Å². The fraction of sp³-hybridized carbons (Fsp3) is 0.391. The highest BCUT2D eigenvalue weighted by Gasteiger charge is 2.26. The number of ether oxygens (including phenoxy) is 1. The zero-order valence-electron chi connectivity index (χ0n) is 19.2. The summed E-state index contributed by atoms with van der Waals surface area (Å²) in [6.45, 7) is 2.03. The van der Waals surface area contributed by atoms with Crippen LogP contribution in [-0.4, -0.2) is 58.1 Å². The van der Waals surface area contributed by atoms with Crippen LogP contribution in [0.2, 0.25) is 5.02 Å². The minimum Gasteiger partial charge on any atom is -0.497 e. The van der Waals surface area contributed by atoms with Crippen LogP contribution in [0, 0.1) is 0 Å². The van der Waals surface area contributed by atoms with Gasteiger partial charge in [-0.25, -0.2) is 8.42 Å². The summed E-state index contributed by atoms with van der Waals surface area (Å²) in [5, 5.41) is 3.07. The van der Waals surface area contributed by atoms with E-state index in [1.54, 1.807) is 50.4 Å². The zero-order chi connectivity index (χ0) is 24.6. The molecule has 0 heterocycles. The van der Waals surface area contributed by atoms with Crippen molar-refractivity contribution in [1.82, 2.24) is 10.2 Å². The third-order valence-corrected chi connectivity index (χ3v) is 6.64. The average Bonchev–Trinajstić information content (AvgIpc) is 2.79. The van der Waals surface area contributed by atoms with E-state index in [-0.39, 0.29) is 37.7 Å². The largest absolute Gasteiger partial charge is 0.497 e. The predicted octanol–water partition coefficient (Wildman–Crippen LogP) is 3.06. The number of likely N-dealkylation sites (N-methyl/N-ethyl adjacent to an activating group) is 1. The van der Waals surface area contributed by atoms with Crippen LogP contribution < -0.4 is 14.4 Å². The van der Waals surface area contributed by atoms with Gasteiger partial charge in [-0.15, -0.1) is 0 Å². The van der Waals surface area contributed by atoms with Gasteiger partial charge in [0.2, 0.25) is 21.8 Å². The van der Waals surface area contributed by atoms with Crippen LogP contribution in [0.5, 0.6) is 5.75 Å². The van der Waals surface area contributed by atoms with E-state index in [2.05, 4.69) is 5.32 Å². The van der Waals surface area contributed by atoms with Crippen molar-refractivity contribution in [3.05, 3.63) is 59.1 Å². The van der Waals surface area contributed by atoms with Crippen LogP contribution in [0.4, 0.5) is 5.69 Å². The van der Waals surface area contributed by atoms with Crippen LogP contribution in [0.3, 0.4) is 0 Å². The Kier molecular flexibility index (Phi) is 9.55. The molecule has 0 aliphatic carbocycles. The Balaban J connectivity index is 2.13. The van der Waals surface area contributed by atoms with Gasteiger partial charge in [-0.1, -0.05) is 23.7 Å². The summed E-state index contributed by atoms with van der Waals surface area (Å²) in [7, 11) is -0.458. The minimum atomic E-state index is -3.55. The maximum atomic E-state index is 13.1. The number of sulfonamides is 1. The number of halogens is 1. The lowest BCUT2D eigenvalue weighted by molar-refractivity contribution is -0.140. The van der Waals surface area contributed by atoms with E-state index in [4.69, 9.17) is 16.3 Å². The maximum Gasteiger partial charge on any atom is 0.242 e. The molecule has 1 atom stereocenters. The molecule has 0 saturated heterocycles. The molecular formula is C23H30ClN3O5S. The van der Waals surface area contributed by atoms with Crippen molar-refractivity contribution in [2.24, 2.45) is 0 Å². The molecule has 0 spiro atoms. The number of benzene rings is 2. The van der Waals surface area contributed by atoms with Gasteiger partial charge in [0.25, 0.3) is 0 Å². The average molecular weight is 496 g/mol. The fourth-order valence-electron chi connectivity index (χ4n) is 3.33. The topological polar surface area (TPSA) is 96.0 Å². The predicted molar refractivity (Wildman–Crippen MR) is 130 cm³/mol. The molecule has 8 nitrogen and oxygen atoms in total. The highest BCUT2D eigenvalue weighted by atomic mass is 35.5. The molecule has 0 aliphatic rings. The Morgan fingerprint density at radius 2 is 1.70 bits per heavy atom. The highest BCUT2D eigenvalue weighted by molar-refractivity contribution is 7.92. The van der Waals surface area contributed by atoms with Gasteiger partial charge in [-0.3, -0.25) is 13.9 Å². The second-order valence-electron chi connectivity index (χ2n) is 7.58. The van der Waals surface area contributed by atoms with Gasteiger partial charge < -0.3 is 15.0 Å². The number of hydrogen-bond acceptors (Lipinski definition) is 5. The molecule has 0 aromatic heterocycles. The van der Waals surface area contributed by atoms with Crippen molar-refractivity contribution in [2.45, 2.75) is 32.4 Å². The van der Waals surface area contributed by atoms with E-state index in [0.717, 1.165) is 11.8 Å². The molecule has 1 N–H and O–H groups in total. The molecule has 0 fully saturated rings. The number of nitrogens with one attached hydrogen (secondary N) is 1. The van der Waals surface area contributed by atoms with Crippen molar-refractivity contribution < 1.29 is 22.7 Å². The standard InChI is InChI=1S/C23H30ClN3O5S/c1-17(23(29)25-2)26(16-18-7-13-21(32-3)14-8-18)22(28)6-5-15-27(33(4,30)31)20-11-9-19(24)10-12-20/h7-14,17H,5-6,15-16H2,1-4H3,(H,25,29). The van der Waals surface area contributed by atoms with Gasteiger partial charge in [0.05, 0.1) is 19.1 Å². The molecule has 2 amide bonds. The first kappa shape index (κ1) is 26.5. The number of amides is 2. The Labute approximate surface area is 200 Å². The van der Waals surface area contributed by atoms with Gasteiger partial charge in [0.15, 0.2) is 0 Å². The van der Waals surface area contributed by atoms with Gasteiger partial charge in [0.1, 0.15) is 11.8 Å². The van der Waals surface area contributed by atoms with Gasteiger partial charge in [0, 0.05) is 31.6 Å². The summed E-state index contributed by atoms with van der Waals surface area (Å²) >= 11 is 5.90. The molecule has 0 bridgehead atoms. The highest BCUT2D eigenvalue weighted by Crippen LogP contribution is 2.21. The number of anilines is 1. The smallest absolute Gasteiger partial charge is 0.242 e. The number of carbonyl (C=O) groups excluding carboxylic acids is 2. The van der Waals surface area contributed by atoms with Gasteiger partial charge in [-0.05, 0) is 55.3 Å². The van der Waals surface area contributed by atoms with Crippen molar-refractivity contribution in [3.8, 4) is 5.75 Å². The molecule has 2 aromatic rings. The molecule has 2 aromatic carbocycles. The molecule has 33 heavy (non-hydrogen) atoms. The third kappa shape index (κ3) is 7.64. The maximum absolute atomic E-state index is 13.1. The number of hydrogen-bond donors (Lipinski definition) is 1. The van der Waals surface area contributed by atoms with Crippen molar-refractivity contribution >= 4 is 39.1 Å². The number of methoxy groups -OCH3 is 1. The van der Waals surface area contributed by atoms with Gasteiger partial charge >= 0.3 is 0 Å². The zero-order valence-corrected chi connectivity index (χ0v) is 20.8. The van der Waals surface area contributed by atoms with E-state index in [1.165, 1.54) is 16.3 Å². The van der Waals surface area contributed by atoms with Crippen LogP contribution in [0.1, 0.15) is 25.3 Å². The van der Waals surface area contributed by atoms with Crippen LogP contribution in [-0.2, 0) is 26.2 Å². The minimum absolute atomic E-state index is 0.0805. The lowest BCUT2D eigenvalue weighted by atomic mass is 10.1. The number of rotatable bonds is 11. The third-order valence-electron chi connectivity index (χ3n) is 5.19. The van der Waals surface area contributed by atoms with Gasteiger partial charge in [-0.2, -0.15) is 0 Å². The second kappa shape index (κ2) is 11.9. The fourth-order valence-corrected chi connectivity index (χ4v) is 4.42. The first-order chi connectivity index (χ1) is 15.6. The van der Waals surface area contributed by atoms with Crippen molar-refractivity contribution in [2.75, 3.05) is 31.3 Å². The summed E-state index contributed by atoms with van der Waals surface area (Å²) in [6, 6.07) is 13.0. The Bertz CT molecular complexity index is 1040. The molecule has 0 aliphatic heterocycles. The van der Waals surface area contributed by atoms with Crippen LogP contribution in [0.15, 0.2) is 48.5 Å². The Hall–Kier alpha value is -2.78. The summed E-state index contributed by atoms with van der Waals surface area (Å²) in [5.74, 6) is 0.168. The lowest BCUT2D eigenvalue weighted by Crippen LogP contribution is -2.46. The number of carbonyl (C=O) groups is 2. The molecule has 0 saturated carbocycles. The molecule has 2 rings (SSSR count). The first-order valence-electron chi connectivity index (χ1n) is 10.4. The van der Waals surface area contributed by atoms with Crippen LogP contribution in [0.25, 0.3) is 0 Å². The first-order valence-corrected chi connectivity index (χ1v) is 12.7. The molecule has 0 radical (unpaired) electrons. The number of nitrogens with zero attached hydrogens (tertiary/aromatic N) is 2. The van der Waals surface area contributed by atoms with E-state index in [0.29, 0.717) is 16.5 Å². The Morgan fingerprint density at radius 1 is 1.09 bits per heavy atom. The Morgan fingerprint density at radius 3 is 2.21 bits per heavy atom. The summed E-state index contributed by atoms with van der Waals surface area (Å²) in [6.07, 6.45) is 1.48.